The zero-order valence-corrected chi connectivity index (χ0v) is 24.9. The van der Waals surface area contributed by atoms with Gasteiger partial charge in [0.05, 0.1) is 11.8 Å². The van der Waals surface area contributed by atoms with Crippen LogP contribution in [0.2, 0.25) is 0 Å². The summed E-state index contributed by atoms with van der Waals surface area (Å²) in [7, 11) is 2.09. The lowest BCUT2D eigenvalue weighted by Gasteiger charge is -2.40. The zero-order chi connectivity index (χ0) is 28.9. The molecule has 0 atom stereocenters. The van der Waals surface area contributed by atoms with Gasteiger partial charge in [-0.25, -0.2) is 0 Å². The van der Waals surface area contributed by atoms with E-state index >= 15 is 0 Å². The maximum absolute atomic E-state index is 13.0. The van der Waals surface area contributed by atoms with E-state index in [9.17, 15) is 9.59 Å². The average molecular weight is 544 g/mol. The number of Topliss-reactive ketones (excluding diaryl/α,β-unsaturated/α-hetero) is 1. The number of piperidine rings is 1. The molecule has 1 aromatic carbocycles. The minimum Gasteiger partial charge on any atom is -0.426 e. The molecule has 1 fully saturated rings. The molecule has 4 nitrogen and oxygen atoms in total. The SMILES string of the molecule is CCC=CCC=CCC=CCC=CCC=CCC=CCC(=O)Oc1cccc(C2(C(=O)CC)CCN(C)CC2)c1. The summed E-state index contributed by atoms with van der Waals surface area (Å²) in [4.78, 5) is 27.6. The van der Waals surface area contributed by atoms with Crippen molar-refractivity contribution in [2.24, 2.45) is 0 Å². The molecule has 0 N–H and O–H groups in total. The molecular formula is C36H49NO3. The Morgan fingerprint density at radius 3 is 1.77 bits per heavy atom. The lowest BCUT2D eigenvalue weighted by molar-refractivity contribution is -0.133. The van der Waals surface area contributed by atoms with Crippen LogP contribution in [0.3, 0.4) is 0 Å². The summed E-state index contributed by atoms with van der Waals surface area (Å²) in [6, 6.07) is 7.57. The molecule has 216 valence electrons. The Morgan fingerprint density at radius 1 is 0.775 bits per heavy atom. The molecule has 1 aliphatic rings. The molecule has 2 rings (SSSR count). The van der Waals surface area contributed by atoms with Crippen molar-refractivity contribution in [2.75, 3.05) is 20.1 Å². The molecule has 0 amide bonds. The van der Waals surface area contributed by atoms with Crippen LogP contribution in [0.25, 0.3) is 0 Å². The quantitative estimate of drug-likeness (QED) is 0.112. The van der Waals surface area contributed by atoms with Gasteiger partial charge in [-0.2, -0.15) is 0 Å². The van der Waals surface area contributed by atoms with Gasteiger partial charge in [-0.15, -0.1) is 0 Å². The van der Waals surface area contributed by atoms with E-state index in [0.717, 1.165) is 70.0 Å². The van der Waals surface area contributed by atoms with Gasteiger partial charge in [-0.1, -0.05) is 98.9 Å². The first kappa shape index (κ1) is 33.0. The third-order valence-electron chi connectivity index (χ3n) is 7.19. The van der Waals surface area contributed by atoms with Gasteiger partial charge in [0.25, 0.3) is 0 Å². The van der Waals surface area contributed by atoms with Crippen LogP contribution in [0, 0.1) is 0 Å². The predicted octanol–water partition coefficient (Wildman–Crippen LogP) is 8.62. The number of hydrogen-bond acceptors (Lipinski definition) is 4. The van der Waals surface area contributed by atoms with Gasteiger partial charge in [0, 0.05) is 6.42 Å². The van der Waals surface area contributed by atoms with Crippen LogP contribution in [0.15, 0.2) is 97.2 Å². The highest BCUT2D eigenvalue weighted by atomic mass is 16.5. The van der Waals surface area contributed by atoms with Gasteiger partial charge in [-0.05, 0) is 89.2 Å². The topological polar surface area (TPSA) is 46.6 Å². The number of likely N-dealkylation sites (tertiary alicyclic amines) is 1. The Kier molecular flexibility index (Phi) is 16.3. The summed E-state index contributed by atoms with van der Waals surface area (Å²) in [6.45, 7) is 5.85. The smallest absolute Gasteiger partial charge is 0.315 e. The Balaban J connectivity index is 1.68. The summed E-state index contributed by atoms with van der Waals surface area (Å²) < 4.78 is 5.61. The van der Waals surface area contributed by atoms with Crippen molar-refractivity contribution in [3.05, 3.63) is 103 Å². The molecule has 0 aliphatic carbocycles. The summed E-state index contributed by atoms with van der Waals surface area (Å²) in [6.07, 6.45) is 33.7. The summed E-state index contributed by atoms with van der Waals surface area (Å²) in [5.74, 6) is 0.481. The fourth-order valence-electron chi connectivity index (χ4n) is 4.80. The highest BCUT2D eigenvalue weighted by Gasteiger charge is 2.41. The normalized spacial score (nSPS) is 16.5. The number of carbonyl (C=O) groups excluding carboxylic acids is 2. The van der Waals surface area contributed by atoms with Gasteiger partial charge < -0.3 is 9.64 Å². The number of esters is 1. The molecule has 0 aromatic heterocycles. The lowest BCUT2D eigenvalue weighted by Crippen LogP contribution is -2.46. The maximum Gasteiger partial charge on any atom is 0.315 e. The first-order valence-corrected chi connectivity index (χ1v) is 14.9. The third kappa shape index (κ3) is 12.3. The van der Waals surface area contributed by atoms with Gasteiger partial charge >= 0.3 is 5.97 Å². The van der Waals surface area contributed by atoms with E-state index in [1.54, 1.807) is 6.07 Å². The molecule has 40 heavy (non-hydrogen) atoms. The van der Waals surface area contributed by atoms with Crippen molar-refractivity contribution in [1.82, 2.24) is 4.90 Å². The summed E-state index contributed by atoms with van der Waals surface area (Å²) >= 11 is 0. The molecule has 4 heteroatoms. The average Bonchev–Trinajstić information content (AvgIpc) is 2.96. The Bertz CT molecular complexity index is 1070. The first-order chi connectivity index (χ1) is 19.5. The van der Waals surface area contributed by atoms with Gasteiger partial charge in [-0.3, -0.25) is 9.59 Å². The van der Waals surface area contributed by atoms with Crippen LogP contribution in [-0.2, 0) is 15.0 Å². The Morgan fingerprint density at radius 2 is 1.27 bits per heavy atom. The van der Waals surface area contributed by atoms with Crippen molar-refractivity contribution >= 4 is 11.8 Å². The molecule has 1 aliphatic heterocycles. The second kappa shape index (κ2) is 19.8. The lowest BCUT2D eigenvalue weighted by atomic mass is 9.69. The third-order valence-corrected chi connectivity index (χ3v) is 7.19. The van der Waals surface area contributed by atoms with E-state index in [4.69, 9.17) is 4.74 Å². The number of ketones is 1. The van der Waals surface area contributed by atoms with Crippen LogP contribution in [-0.4, -0.2) is 36.8 Å². The minimum atomic E-state index is -0.481. The van der Waals surface area contributed by atoms with E-state index in [1.807, 2.05) is 37.3 Å². The van der Waals surface area contributed by atoms with Gasteiger partial charge in [0.15, 0.2) is 0 Å². The maximum atomic E-state index is 13.0. The van der Waals surface area contributed by atoms with Crippen molar-refractivity contribution < 1.29 is 14.3 Å². The Hall–Kier alpha value is -3.24. The van der Waals surface area contributed by atoms with Crippen molar-refractivity contribution in [3.63, 3.8) is 0 Å². The molecule has 1 aromatic rings. The van der Waals surface area contributed by atoms with Gasteiger partial charge in [0.1, 0.15) is 11.5 Å². The first-order valence-electron chi connectivity index (χ1n) is 14.9. The number of ether oxygens (including phenoxy) is 1. The molecule has 0 bridgehead atoms. The predicted molar refractivity (Wildman–Crippen MR) is 169 cm³/mol. The van der Waals surface area contributed by atoms with Crippen LogP contribution in [0.1, 0.15) is 83.6 Å². The fourth-order valence-corrected chi connectivity index (χ4v) is 4.80. The molecule has 1 saturated heterocycles. The van der Waals surface area contributed by atoms with E-state index in [2.05, 4.69) is 79.6 Å². The highest BCUT2D eigenvalue weighted by molar-refractivity contribution is 5.90. The van der Waals surface area contributed by atoms with Crippen LogP contribution in [0.5, 0.6) is 5.75 Å². The van der Waals surface area contributed by atoms with Crippen molar-refractivity contribution in [1.29, 1.82) is 0 Å². The Labute approximate surface area is 242 Å². The van der Waals surface area contributed by atoms with Crippen LogP contribution >= 0.6 is 0 Å². The number of nitrogens with zero attached hydrogens (tertiary/aromatic N) is 1. The second-order valence-corrected chi connectivity index (χ2v) is 10.3. The largest absolute Gasteiger partial charge is 0.426 e. The van der Waals surface area contributed by atoms with E-state index in [1.165, 1.54) is 0 Å². The molecule has 0 spiro atoms. The molecule has 0 saturated carbocycles. The van der Waals surface area contributed by atoms with Crippen molar-refractivity contribution in [3.8, 4) is 5.75 Å². The standard InChI is InChI=1S/C36H49NO3/c1-4-6-7-8-9-10-11-12-13-14-15-16-17-18-19-20-21-22-26-35(39)40-33-25-23-24-32(31-33)36(34(38)5-2)27-29-37(3)30-28-36/h6-7,9-10,12-13,15-16,18-19,21-25,31H,4-5,8,11,14,17,20,26-30H2,1-3H3. The number of rotatable bonds is 17. The molecule has 0 radical (unpaired) electrons. The summed E-state index contributed by atoms with van der Waals surface area (Å²) in [5.41, 5.74) is 0.483. The van der Waals surface area contributed by atoms with E-state index < -0.39 is 5.41 Å². The van der Waals surface area contributed by atoms with Crippen molar-refractivity contribution in [2.45, 2.75) is 83.5 Å². The zero-order valence-electron chi connectivity index (χ0n) is 24.9. The second-order valence-electron chi connectivity index (χ2n) is 10.3. The molecular weight excluding hydrogens is 494 g/mol. The van der Waals surface area contributed by atoms with E-state index in [-0.39, 0.29) is 18.2 Å². The number of benzene rings is 1. The minimum absolute atomic E-state index is 0.221. The molecule has 0 unspecified atom stereocenters. The molecule has 1 heterocycles. The van der Waals surface area contributed by atoms with Gasteiger partial charge in [0.2, 0.25) is 0 Å². The summed E-state index contributed by atoms with van der Waals surface area (Å²) in [5, 5.41) is 0. The number of allylic oxidation sites excluding steroid dienone is 11. The fraction of sp³-hybridized carbons (Fsp3) is 0.444. The van der Waals surface area contributed by atoms with E-state index in [0.29, 0.717) is 12.2 Å². The number of carbonyl (C=O) groups is 2. The van der Waals surface area contributed by atoms with Crippen LogP contribution < -0.4 is 4.74 Å². The van der Waals surface area contributed by atoms with Crippen LogP contribution in [0.4, 0.5) is 0 Å². The highest BCUT2D eigenvalue weighted by Crippen LogP contribution is 2.38. The monoisotopic (exact) mass is 543 g/mol. The number of hydrogen-bond donors (Lipinski definition) is 0.